The third-order valence-corrected chi connectivity index (χ3v) is 8.28. The molecule has 3 heterocycles. The summed E-state index contributed by atoms with van der Waals surface area (Å²) >= 11 is 2.56. The standard InChI is InChI=1S/C28H25N5O3S2/c1-4-15-32-26(35)21-16-22(19-11-7-5-8-12-19)38-25(21)30-28(32)37-17-23(34)29-24-18(2)31(3)33(27(24)36)20-13-9-6-10-14-20/h4-14,16,18H,1,15,17H2,2-3H3. The van der Waals surface area contributed by atoms with Gasteiger partial charge in [-0.3, -0.25) is 19.0 Å². The molecule has 4 aromatic rings. The van der Waals surface area contributed by atoms with Gasteiger partial charge in [0.15, 0.2) is 5.16 Å². The first kappa shape index (κ1) is 25.8. The van der Waals surface area contributed by atoms with E-state index in [-0.39, 0.29) is 35.5 Å². The van der Waals surface area contributed by atoms with Gasteiger partial charge in [0.1, 0.15) is 10.5 Å². The van der Waals surface area contributed by atoms with Gasteiger partial charge in [0.05, 0.1) is 22.9 Å². The summed E-state index contributed by atoms with van der Waals surface area (Å²) in [4.78, 5) is 49.7. The van der Waals surface area contributed by atoms with Crippen LogP contribution in [0, 0.1) is 0 Å². The van der Waals surface area contributed by atoms with E-state index in [1.165, 1.54) is 20.9 Å². The molecule has 0 N–H and O–H groups in total. The van der Waals surface area contributed by atoms with Gasteiger partial charge in [-0.2, -0.15) is 0 Å². The average Bonchev–Trinajstić information content (AvgIpc) is 3.45. The quantitative estimate of drug-likeness (QED) is 0.192. The van der Waals surface area contributed by atoms with Crippen molar-refractivity contribution in [2.75, 3.05) is 17.8 Å². The molecule has 2 aromatic carbocycles. The number of allylic oxidation sites excluding steroid dienone is 1. The Morgan fingerprint density at radius 1 is 1.13 bits per heavy atom. The number of hydrogen-bond acceptors (Lipinski definition) is 7. The summed E-state index contributed by atoms with van der Waals surface area (Å²) < 4.78 is 1.51. The van der Waals surface area contributed by atoms with E-state index in [1.807, 2.05) is 73.7 Å². The molecule has 1 unspecified atom stereocenters. The second-order valence-electron chi connectivity index (χ2n) is 8.68. The zero-order chi connectivity index (χ0) is 26.8. The Bertz CT molecular complexity index is 1610. The second kappa shape index (κ2) is 10.9. The molecule has 1 aliphatic heterocycles. The molecule has 0 saturated carbocycles. The minimum absolute atomic E-state index is 0.0649. The molecule has 2 amide bonds. The first-order valence-corrected chi connectivity index (χ1v) is 13.8. The molecule has 0 aliphatic carbocycles. The van der Waals surface area contributed by atoms with E-state index >= 15 is 0 Å². The van der Waals surface area contributed by atoms with Gasteiger partial charge in [0, 0.05) is 18.5 Å². The first-order valence-electron chi connectivity index (χ1n) is 12.0. The van der Waals surface area contributed by atoms with Crippen molar-refractivity contribution in [3.8, 4) is 10.4 Å². The van der Waals surface area contributed by atoms with Crippen molar-refractivity contribution in [3.05, 3.63) is 89.7 Å². The molecular formula is C28H25N5O3S2. The van der Waals surface area contributed by atoms with Crippen LogP contribution in [-0.4, -0.2) is 50.9 Å². The Morgan fingerprint density at radius 3 is 2.50 bits per heavy atom. The third kappa shape index (κ3) is 4.85. The number of para-hydroxylation sites is 1. The Morgan fingerprint density at radius 2 is 1.82 bits per heavy atom. The number of aromatic nitrogens is 2. The zero-order valence-corrected chi connectivity index (χ0v) is 22.5. The van der Waals surface area contributed by atoms with E-state index < -0.39 is 5.91 Å². The number of carbonyl (C=O) groups excluding carboxylic acids is 2. The third-order valence-electron chi connectivity index (χ3n) is 6.24. The van der Waals surface area contributed by atoms with Crippen LogP contribution in [-0.2, 0) is 16.1 Å². The fourth-order valence-electron chi connectivity index (χ4n) is 4.23. The molecule has 192 valence electrons. The molecule has 1 saturated heterocycles. The number of aliphatic imine (C=N–C) groups is 1. The van der Waals surface area contributed by atoms with Crippen LogP contribution in [0.2, 0.25) is 0 Å². The number of amides is 2. The van der Waals surface area contributed by atoms with Crippen LogP contribution in [0.5, 0.6) is 0 Å². The van der Waals surface area contributed by atoms with Crippen LogP contribution in [0.4, 0.5) is 5.69 Å². The Hall–Kier alpha value is -3.86. The van der Waals surface area contributed by atoms with Crippen LogP contribution in [0.1, 0.15) is 6.92 Å². The van der Waals surface area contributed by atoms with E-state index in [2.05, 4.69) is 11.6 Å². The first-order chi connectivity index (χ1) is 18.4. The van der Waals surface area contributed by atoms with E-state index in [9.17, 15) is 14.4 Å². The number of hydrogen-bond donors (Lipinski definition) is 0. The van der Waals surface area contributed by atoms with Crippen molar-refractivity contribution in [1.82, 2.24) is 14.6 Å². The largest absolute Gasteiger partial charge is 0.289 e. The van der Waals surface area contributed by atoms with Gasteiger partial charge >= 0.3 is 0 Å². The summed E-state index contributed by atoms with van der Waals surface area (Å²) in [5, 5.41) is 4.21. The summed E-state index contributed by atoms with van der Waals surface area (Å²) in [7, 11) is 1.79. The van der Waals surface area contributed by atoms with Gasteiger partial charge in [0.2, 0.25) is 0 Å². The van der Waals surface area contributed by atoms with Gasteiger partial charge in [-0.1, -0.05) is 66.4 Å². The van der Waals surface area contributed by atoms with Gasteiger partial charge in [-0.25, -0.2) is 20.0 Å². The topological polar surface area (TPSA) is 87.9 Å². The smallest absolute Gasteiger partial charge is 0.283 e. The highest BCUT2D eigenvalue weighted by Crippen LogP contribution is 2.32. The van der Waals surface area contributed by atoms with Gasteiger partial charge in [-0.15, -0.1) is 17.9 Å². The van der Waals surface area contributed by atoms with E-state index in [0.717, 1.165) is 22.2 Å². The second-order valence-corrected chi connectivity index (χ2v) is 10.6. The number of carbonyl (C=O) groups is 2. The van der Waals surface area contributed by atoms with E-state index in [0.29, 0.717) is 21.1 Å². The highest BCUT2D eigenvalue weighted by molar-refractivity contribution is 7.99. The predicted octanol–water partition coefficient (Wildman–Crippen LogP) is 4.65. The molecular weight excluding hydrogens is 518 g/mol. The number of thioether (sulfide) groups is 1. The fraction of sp³-hybridized carbons (Fsp3) is 0.179. The lowest BCUT2D eigenvalue weighted by atomic mass is 10.2. The highest BCUT2D eigenvalue weighted by atomic mass is 32.2. The molecule has 2 aromatic heterocycles. The molecule has 1 atom stereocenters. The molecule has 10 heteroatoms. The number of anilines is 1. The molecule has 0 radical (unpaired) electrons. The Labute approximate surface area is 227 Å². The number of fused-ring (bicyclic) bond motifs is 1. The van der Waals surface area contributed by atoms with Gasteiger partial charge in [0.25, 0.3) is 17.4 Å². The molecule has 0 spiro atoms. The maximum atomic E-state index is 13.3. The number of benzene rings is 2. The maximum Gasteiger partial charge on any atom is 0.289 e. The maximum absolute atomic E-state index is 13.3. The minimum atomic E-state index is -0.468. The summed E-state index contributed by atoms with van der Waals surface area (Å²) in [5.41, 5.74) is 1.71. The van der Waals surface area contributed by atoms with Crippen molar-refractivity contribution in [2.24, 2.45) is 4.99 Å². The minimum Gasteiger partial charge on any atom is -0.283 e. The summed E-state index contributed by atoms with van der Waals surface area (Å²) in [6.45, 7) is 5.85. The molecule has 0 bridgehead atoms. The summed E-state index contributed by atoms with van der Waals surface area (Å²) in [6.07, 6.45) is 1.62. The number of hydrazine groups is 1. The monoisotopic (exact) mass is 543 g/mol. The van der Waals surface area contributed by atoms with Crippen molar-refractivity contribution in [3.63, 3.8) is 0 Å². The lowest BCUT2D eigenvalue weighted by Gasteiger charge is -2.25. The van der Waals surface area contributed by atoms with Crippen molar-refractivity contribution in [2.45, 2.75) is 24.7 Å². The summed E-state index contributed by atoms with van der Waals surface area (Å²) in [5.74, 6) is -0.867. The SMILES string of the molecule is C=CCn1c(SCC(=O)N=C2C(=O)N(c3ccccc3)N(C)C2C)nc2sc(-c3ccccc3)cc2c1=O. The molecule has 38 heavy (non-hydrogen) atoms. The van der Waals surface area contributed by atoms with Crippen molar-refractivity contribution >= 4 is 56.5 Å². The number of rotatable bonds is 7. The fourth-order valence-corrected chi connectivity index (χ4v) is 6.10. The van der Waals surface area contributed by atoms with Crippen molar-refractivity contribution < 1.29 is 9.59 Å². The van der Waals surface area contributed by atoms with Crippen LogP contribution < -0.4 is 10.6 Å². The molecule has 1 fully saturated rings. The van der Waals surface area contributed by atoms with Crippen molar-refractivity contribution in [1.29, 1.82) is 0 Å². The lowest BCUT2D eigenvalue weighted by Crippen LogP contribution is -2.38. The molecule has 5 rings (SSSR count). The predicted molar refractivity (Wildman–Crippen MR) is 154 cm³/mol. The van der Waals surface area contributed by atoms with E-state index in [4.69, 9.17) is 4.98 Å². The number of thiophene rings is 1. The zero-order valence-electron chi connectivity index (χ0n) is 20.9. The normalized spacial score (nSPS) is 17.0. The lowest BCUT2D eigenvalue weighted by molar-refractivity contribution is -0.116. The molecule has 1 aliphatic rings. The van der Waals surface area contributed by atoms with E-state index in [1.54, 1.807) is 18.1 Å². The van der Waals surface area contributed by atoms with Crippen LogP contribution in [0.25, 0.3) is 20.7 Å². The van der Waals surface area contributed by atoms with Crippen LogP contribution >= 0.6 is 23.1 Å². The van der Waals surface area contributed by atoms with Crippen LogP contribution in [0.15, 0.2) is 94.3 Å². The Kier molecular flexibility index (Phi) is 7.37. The summed E-state index contributed by atoms with van der Waals surface area (Å²) in [6, 6.07) is 20.5. The van der Waals surface area contributed by atoms with Gasteiger partial charge in [-0.05, 0) is 30.7 Å². The van der Waals surface area contributed by atoms with Gasteiger partial charge < -0.3 is 0 Å². The van der Waals surface area contributed by atoms with Crippen LogP contribution in [0.3, 0.4) is 0 Å². The molecule has 8 nitrogen and oxygen atoms in total. The average molecular weight is 544 g/mol. The Balaban J connectivity index is 1.40. The number of nitrogens with zero attached hydrogens (tertiary/aromatic N) is 5. The highest BCUT2D eigenvalue weighted by Gasteiger charge is 2.40.